The number of rotatable bonds is 45. The normalized spacial score (nSPS) is 10.7. The van der Waals surface area contributed by atoms with Gasteiger partial charge in [0.1, 0.15) is 23.0 Å². The molecule has 0 saturated heterocycles. The molecule has 9 N–H and O–H groups in total. The molecule has 0 atom stereocenters. The molecule has 1 aliphatic carbocycles. The summed E-state index contributed by atoms with van der Waals surface area (Å²) in [6, 6.07) is 63.5. The number of hydrogen-bond acceptors (Lipinski definition) is 18. The van der Waals surface area contributed by atoms with Gasteiger partial charge in [0.25, 0.3) is 0 Å². The van der Waals surface area contributed by atoms with E-state index < -0.39 is 23.9 Å². The molecule has 23 heteroatoms. The largest absolute Gasteiger partial charge is 0.478 e. The zero-order chi connectivity index (χ0) is 91.6. The highest BCUT2D eigenvalue weighted by Gasteiger charge is 2.26. The van der Waals surface area contributed by atoms with Gasteiger partial charge in [-0.15, -0.1) is 0 Å². The fourth-order valence-electron chi connectivity index (χ4n) is 13.0. The van der Waals surface area contributed by atoms with Crippen molar-refractivity contribution in [3.63, 3.8) is 0 Å². The highest BCUT2D eigenvalue weighted by atomic mass is 32.1. The molecular weight excluding hydrogens is 1620 g/mol. The number of allylic oxidation sites excluding steroid dienone is 3. The lowest BCUT2D eigenvalue weighted by molar-refractivity contribution is 0.0686. The molecule has 0 bridgehead atoms. The molecule has 0 saturated carbocycles. The molecule has 3 heterocycles. The highest BCUT2D eigenvalue weighted by Crippen LogP contribution is 2.46. The Bertz CT molecular complexity index is 4460. The second-order valence-electron chi connectivity index (χ2n) is 29.8. The summed E-state index contributed by atoms with van der Waals surface area (Å²) >= 11 is 1.71. The number of benzene rings is 8. The summed E-state index contributed by atoms with van der Waals surface area (Å²) in [4.78, 5) is 58.8. The van der Waals surface area contributed by atoms with Crippen LogP contribution in [0.5, 0.6) is 46.0 Å². The molecule has 127 heavy (non-hydrogen) atoms. The van der Waals surface area contributed by atoms with Crippen LogP contribution in [-0.4, -0.2) is 123 Å². The van der Waals surface area contributed by atoms with Crippen LogP contribution in [0.4, 0.5) is 45.5 Å². The van der Waals surface area contributed by atoms with E-state index in [-0.39, 0.29) is 22.3 Å². The van der Waals surface area contributed by atoms with Crippen molar-refractivity contribution in [2.75, 3.05) is 114 Å². The van der Waals surface area contributed by atoms with E-state index >= 15 is 0 Å². The van der Waals surface area contributed by atoms with Gasteiger partial charge in [0.15, 0.2) is 23.0 Å². The zero-order valence-corrected chi connectivity index (χ0v) is 77.0. The van der Waals surface area contributed by atoms with Crippen LogP contribution in [0.25, 0.3) is 0 Å². The van der Waals surface area contributed by atoms with Crippen LogP contribution in [-0.2, 0) is 0 Å². The number of carbonyl (C=O) groups is 4. The van der Waals surface area contributed by atoms with Crippen LogP contribution in [0.2, 0.25) is 0 Å². The summed E-state index contributed by atoms with van der Waals surface area (Å²) in [5, 5.41) is 55.3. The topological polar surface area (TPSA) is 276 Å². The van der Waals surface area contributed by atoms with Crippen molar-refractivity contribution in [1.82, 2.24) is 4.98 Å². The van der Waals surface area contributed by atoms with E-state index in [1.165, 1.54) is 0 Å². The van der Waals surface area contributed by atoms with E-state index in [1.807, 2.05) is 193 Å². The number of carboxylic acid groups (broad SMARTS) is 4. The number of thiophene rings is 1. The van der Waals surface area contributed by atoms with Gasteiger partial charge in [-0.3, -0.25) is 0 Å². The molecule has 0 spiro atoms. The average molecular weight is 1750 g/mol. The summed E-state index contributed by atoms with van der Waals surface area (Å²) in [6.45, 7) is 24.2. The van der Waals surface area contributed by atoms with Crippen LogP contribution in [0.3, 0.4) is 0 Å². The minimum Gasteiger partial charge on any atom is -0.478 e. The molecule has 22 nitrogen and oxygen atoms in total. The lowest BCUT2D eigenvalue weighted by atomic mass is 10.1. The van der Waals surface area contributed by atoms with Crippen LogP contribution in [0.15, 0.2) is 270 Å². The standard InChI is InChI=1S/C26H32N2O3.3C22H30N2O3.C4H5N.C4H4O.C4H4S/c1-3-5-16-28(17-6-4-2)24-19-20(26(29)30)18-23(27-21-12-10-11-13-21)25(24)31-22-14-8-7-9-15-22;3*1-4-6-13-24(14-7-5-2)20-16-17(22(25)26)15-19(23-3)21(20)27-18-11-9-8-10-12-18;3*1-2-4-5-3-1/h7-12,14-15,18-19,27H,3-6,13,16-17H2,1-2H3,(H,29,30);3*8-12,15-16,23H,4-7,13-14H2,1-3H3,(H,25,26);1-5H;2*1-4H. The Morgan fingerprint density at radius 3 is 0.803 bits per heavy atom. The molecule has 3 aromatic heterocycles. The Hall–Kier alpha value is -13.0. The Morgan fingerprint density at radius 2 is 0.614 bits per heavy atom. The summed E-state index contributed by atoms with van der Waals surface area (Å²) in [5.41, 5.74) is 8.02. The van der Waals surface area contributed by atoms with Crippen LogP contribution < -0.4 is 59.8 Å². The van der Waals surface area contributed by atoms with Gasteiger partial charge in [-0.25, -0.2) is 19.2 Å². The maximum absolute atomic E-state index is 11.9. The third-order valence-electron chi connectivity index (χ3n) is 20.0. The predicted octanol–water partition coefficient (Wildman–Crippen LogP) is 27.8. The molecule has 0 unspecified atom stereocenters. The fourth-order valence-corrected chi connectivity index (χ4v) is 13.5. The molecule has 8 aromatic carbocycles. The van der Waals surface area contributed by atoms with E-state index in [0.717, 1.165) is 213 Å². The quantitative estimate of drug-likeness (QED) is 0.0172. The van der Waals surface area contributed by atoms with E-state index in [4.69, 9.17) is 18.9 Å². The molecule has 0 aliphatic heterocycles. The average Bonchev–Trinajstić information content (AvgIpc) is 1.25. The number of para-hydroxylation sites is 4. The van der Waals surface area contributed by atoms with Crippen LogP contribution >= 0.6 is 11.3 Å². The van der Waals surface area contributed by atoms with Gasteiger partial charge in [0, 0.05) is 98.0 Å². The monoisotopic (exact) mass is 1750 g/mol. The Balaban J connectivity index is 0.000000246. The predicted molar refractivity (Wildman–Crippen MR) is 526 cm³/mol. The summed E-state index contributed by atoms with van der Waals surface area (Å²) in [6.07, 6.45) is 30.8. The Labute approximate surface area is 757 Å². The third kappa shape index (κ3) is 36.6. The molecular formula is C104H135N9O13S. The summed E-state index contributed by atoms with van der Waals surface area (Å²) < 4.78 is 29.6. The molecule has 11 aromatic rings. The first-order chi connectivity index (χ1) is 61.9. The number of unbranched alkanes of at least 4 members (excludes halogenated alkanes) is 8. The van der Waals surface area contributed by atoms with Crippen molar-refractivity contribution in [2.24, 2.45) is 0 Å². The van der Waals surface area contributed by atoms with Gasteiger partial charge in [-0.1, -0.05) is 204 Å². The minimum atomic E-state index is -0.944. The number of ether oxygens (including phenoxy) is 4. The molecule has 12 rings (SSSR count). The lowest BCUT2D eigenvalue weighted by Gasteiger charge is -2.29. The fraction of sp³-hybridized carbons (Fsp3) is 0.346. The second-order valence-corrected chi connectivity index (χ2v) is 30.6. The maximum atomic E-state index is 11.9. The number of furan rings is 1. The second kappa shape index (κ2) is 60.5. The number of aromatic amines is 1. The number of aromatic nitrogens is 1. The van der Waals surface area contributed by atoms with Gasteiger partial charge >= 0.3 is 23.9 Å². The van der Waals surface area contributed by atoms with Crippen LogP contribution in [0.1, 0.15) is 206 Å². The van der Waals surface area contributed by atoms with E-state index in [2.05, 4.69) is 112 Å². The zero-order valence-electron chi connectivity index (χ0n) is 76.2. The minimum absolute atomic E-state index is 0.252. The molecule has 0 amide bonds. The smallest absolute Gasteiger partial charge is 0.335 e. The number of H-pyrrole nitrogens is 1. The molecule has 0 radical (unpaired) electrons. The molecule has 1 aliphatic rings. The molecule has 680 valence electrons. The first kappa shape index (κ1) is 103. The number of carboxylic acids is 4. The first-order valence-electron chi connectivity index (χ1n) is 44.7. The maximum Gasteiger partial charge on any atom is 0.335 e. The first-order valence-corrected chi connectivity index (χ1v) is 45.6. The summed E-state index contributed by atoms with van der Waals surface area (Å²) in [7, 11) is 5.35. The van der Waals surface area contributed by atoms with Crippen molar-refractivity contribution in [2.45, 2.75) is 165 Å². The van der Waals surface area contributed by atoms with Crippen molar-refractivity contribution < 1.29 is 63.0 Å². The van der Waals surface area contributed by atoms with Crippen molar-refractivity contribution >= 4 is 80.7 Å². The van der Waals surface area contributed by atoms with Crippen LogP contribution in [0, 0.1) is 0 Å². The van der Waals surface area contributed by atoms with E-state index in [1.54, 1.807) is 93.5 Å². The van der Waals surface area contributed by atoms with Gasteiger partial charge in [0.05, 0.1) is 80.3 Å². The highest BCUT2D eigenvalue weighted by molar-refractivity contribution is 7.07. The number of nitrogens with one attached hydrogen (secondary N) is 5. The molecule has 0 fully saturated rings. The van der Waals surface area contributed by atoms with Gasteiger partial charge in [-0.05, 0) is 190 Å². The van der Waals surface area contributed by atoms with Gasteiger partial charge < -0.3 is 89.6 Å². The number of anilines is 8. The van der Waals surface area contributed by atoms with Gasteiger partial charge in [-0.2, -0.15) is 11.3 Å². The Morgan fingerprint density at radius 1 is 0.354 bits per heavy atom. The lowest BCUT2D eigenvalue weighted by Crippen LogP contribution is -2.26. The van der Waals surface area contributed by atoms with Gasteiger partial charge in [0.2, 0.25) is 0 Å². The number of nitrogens with zero attached hydrogens (tertiary/aromatic N) is 4. The number of hydrogen-bond donors (Lipinski definition) is 9. The SMILES string of the molecule is CCCCN(CCCC)c1cc(C(=O)O)cc(NC)c1Oc1ccccc1.CCCCN(CCCC)c1cc(C(=O)O)cc(NC)c1Oc1ccccc1.CCCCN(CCCC)c1cc(C(=O)O)cc(NC)c1Oc1ccccc1.CCCCN(CCCC)c1cc(C(=O)O)cc(NC2=CC=CC2)c1Oc1ccccc1.c1cc[nH]c1.c1ccoc1.c1ccsc1. The van der Waals surface area contributed by atoms with E-state index in [0.29, 0.717) is 45.7 Å². The van der Waals surface area contributed by atoms with E-state index in [9.17, 15) is 39.6 Å². The van der Waals surface area contributed by atoms with Crippen molar-refractivity contribution in [3.8, 4) is 46.0 Å². The van der Waals surface area contributed by atoms with Crippen molar-refractivity contribution in [1.29, 1.82) is 0 Å². The Kier molecular flexibility index (Phi) is 49.0. The summed E-state index contributed by atoms with van der Waals surface area (Å²) in [5.74, 6) is 1.80. The van der Waals surface area contributed by atoms with Crippen molar-refractivity contribution in [3.05, 3.63) is 288 Å². The number of aromatic carboxylic acids is 4. The third-order valence-corrected chi connectivity index (χ3v) is 20.6.